The third-order valence-corrected chi connectivity index (χ3v) is 5.93. The number of rotatable bonds is 10. The summed E-state index contributed by atoms with van der Waals surface area (Å²) < 4.78 is 5.99. The van der Waals surface area contributed by atoms with Crippen LogP contribution in [-0.2, 0) is 17.6 Å². The van der Waals surface area contributed by atoms with Gasteiger partial charge in [0.25, 0.3) is 0 Å². The van der Waals surface area contributed by atoms with Crippen LogP contribution in [0.4, 0.5) is 5.69 Å². The third kappa shape index (κ3) is 5.71. The lowest BCUT2D eigenvalue weighted by atomic mass is 10.0. The highest BCUT2D eigenvalue weighted by atomic mass is 16.5. The molecule has 4 rings (SSSR count). The molecule has 2 aromatic heterocycles. The lowest BCUT2D eigenvalue weighted by Crippen LogP contribution is -2.31. The average molecular weight is 431 g/mol. The normalized spacial score (nSPS) is 14.2. The Balaban J connectivity index is 1.26. The number of hydrogen-bond donors (Lipinski definition) is 1. The molecule has 1 N–H and O–H groups in total. The van der Waals surface area contributed by atoms with Crippen molar-refractivity contribution in [2.45, 2.75) is 38.1 Å². The lowest BCUT2D eigenvalue weighted by molar-refractivity contribution is -0.118. The lowest BCUT2D eigenvalue weighted by Gasteiger charge is -2.26. The van der Waals surface area contributed by atoms with Crippen molar-refractivity contribution in [3.05, 3.63) is 83.9 Å². The van der Waals surface area contributed by atoms with Gasteiger partial charge in [0.1, 0.15) is 5.75 Å². The highest BCUT2D eigenvalue weighted by molar-refractivity contribution is 5.95. The molecule has 1 amide bonds. The van der Waals surface area contributed by atoms with E-state index in [2.05, 4.69) is 39.6 Å². The molecule has 0 fully saturated rings. The molecule has 6 heteroatoms. The van der Waals surface area contributed by atoms with Crippen LogP contribution in [0.5, 0.6) is 5.75 Å². The molecule has 1 aliphatic rings. The van der Waals surface area contributed by atoms with Gasteiger partial charge in [-0.15, -0.1) is 0 Å². The maximum atomic E-state index is 11.9. The number of carbonyl (C=O) groups excluding carboxylic acids is 1. The van der Waals surface area contributed by atoms with Gasteiger partial charge in [0.05, 0.1) is 6.61 Å². The molecule has 0 spiro atoms. The van der Waals surface area contributed by atoms with Crippen molar-refractivity contribution in [3.63, 3.8) is 0 Å². The summed E-state index contributed by atoms with van der Waals surface area (Å²) in [5, 5.41) is 3.68. The molecule has 1 atom stereocenters. The minimum Gasteiger partial charge on any atom is -0.494 e. The van der Waals surface area contributed by atoms with E-state index < -0.39 is 0 Å². The third-order valence-electron chi connectivity index (χ3n) is 5.93. The summed E-state index contributed by atoms with van der Waals surface area (Å²) in [7, 11) is 1.83. The molecule has 1 aliphatic heterocycles. The van der Waals surface area contributed by atoms with Crippen LogP contribution in [0.25, 0.3) is 0 Å². The Morgan fingerprint density at radius 2 is 1.97 bits per heavy atom. The number of carbonyl (C=O) groups is 1. The van der Waals surface area contributed by atoms with Crippen molar-refractivity contribution >= 4 is 11.6 Å². The first-order chi connectivity index (χ1) is 15.7. The van der Waals surface area contributed by atoms with Crippen LogP contribution >= 0.6 is 0 Å². The molecule has 32 heavy (non-hydrogen) atoms. The van der Waals surface area contributed by atoms with Crippen LogP contribution in [0, 0.1) is 0 Å². The maximum absolute atomic E-state index is 11.9. The smallest absolute Gasteiger partial charge is 0.227 e. The highest BCUT2D eigenvalue weighted by Crippen LogP contribution is 2.30. The second-order valence-electron chi connectivity index (χ2n) is 8.13. The van der Waals surface area contributed by atoms with Gasteiger partial charge in [-0.1, -0.05) is 6.07 Å². The fourth-order valence-corrected chi connectivity index (χ4v) is 4.10. The minimum absolute atomic E-state index is 0.171. The Morgan fingerprint density at radius 1 is 1.09 bits per heavy atom. The molecule has 0 radical (unpaired) electrons. The van der Waals surface area contributed by atoms with E-state index in [0.29, 0.717) is 13.0 Å². The molecule has 0 saturated carbocycles. The van der Waals surface area contributed by atoms with Crippen molar-refractivity contribution < 1.29 is 9.53 Å². The van der Waals surface area contributed by atoms with Crippen LogP contribution in [-0.4, -0.2) is 36.1 Å². The second-order valence-corrected chi connectivity index (χ2v) is 8.13. The zero-order chi connectivity index (χ0) is 22.2. The van der Waals surface area contributed by atoms with Gasteiger partial charge in [-0.05, 0) is 85.3 Å². The van der Waals surface area contributed by atoms with Gasteiger partial charge in [-0.3, -0.25) is 14.8 Å². The van der Waals surface area contributed by atoms with Gasteiger partial charge >= 0.3 is 0 Å². The van der Waals surface area contributed by atoms with E-state index in [1.165, 1.54) is 16.7 Å². The Kier molecular flexibility index (Phi) is 7.46. The number of anilines is 1. The summed E-state index contributed by atoms with van der Waals surface area (Å²) in [4.78, 5) is 22.0. The quantitative estimate of drug-likeness (QED) is 0.490. The number of aryl methyl sites for hydroxylation is 2. The predicted octanol–water partition coefficient (Wildman–Crippen LogP) is 4.12. The van der Waals surface area contributed by atoms with Crippen LogP contribution in [0.2, 0.25) is 0 Å². The molecule has 3 heterocycles. The number of aromatic nitrogens is 2. The van der Waals surface area contributed by atoms with Crippen LogP contribution in [0.3, 0.4) is 0 Å². The number of hydrogen-bond acceptors (Lipinski definition) is 5. The monoisotopic (exact) mass is 430 g/mol. The Labute approximate surface area is 189 Å². The van der Waals surface area contributed by atoms with Crippen LogP contribution < -0.4 is 15.0 Å². The summed E-state index contributed by atoms with van der Waals surface area (Å²) in [6.07, 6.45) is 11.6. The van der Waals surface area contributed by atoms with E-state index in [-0.39, 0.29) is 11.9 Å². The van der Waals surface area contributed by atoms with Crippen molar-refractivity contribution in [1.29, 1.82) is 0 Å². The first-order valence-corrected chi connectivity index (χ1v) is 11.3. The SMILES string of the molecule is CN1C(=O)CCc2cc(OCCCNC(CCc3cccnc3)c3ccncc3)ccc21. The summed E-state index contributed by atoms with van der Waals surface area (Å²) >= 11 is 0. The Bertz CT molecular complexity index is 1010. The Hall–Kier alpha value is -3.25. The molecule has 1 unspecified atom stereocenters. The molecule has 6 nitrogen and oxygen atoms in total. The Morgan fingerprint density at radius 3 is 2.78 bits per heavy atom. The zero-order valence-corrected chi connectivity index (χ0v) is 18.5. The predicted molar refractivity (Wildman–Crippen MR) is 126 cm³/mol. The molecule has 166 valence electrons. The summed E-state index contributed by atoms with van der Waals surface area (Å²) in [6, 6.07) is 14.5. The van der Waals surface area contributed by atoms with E-state index in [0.717, 1.165) is 43.7 Å². The topological polar surface area (TPSA) is 67.3 Å². The standard InChI is InChI=1S/C26H30N4O2/c1-30-25-9-7-23(18-22(25)6-10-26(30)31)32-17-3-14-29-24(21-11-15-27-16-12-21)8-5-20-4-2-13-28-19-20/h2,4,7,9,11-13,15-16,18-19,24,29H,3,5-6,8,10,14,17H2,1H3. The number of benzene rings is 1. The van der Waals surface area contributed by atoms with E-state index in [1.807, 2.05) is 50.0 Å². The van der Waals surface area contributed by atoms with E-state index in [4.69, 9.17) is 4.74 Å². The van der Waals surface area contributed by atoms with Gasteiger partial charge in [-0.2, -0.15) is 0 Å². The number of ether oxygens (including phenoxy) is 1. The van der Waals surface area contributed by atoms with Crippen LogP contribution in [0.15, 0.2) is 67.3 Å². The second kappa shape index (κ2) is 10.9. The molecule has 0 bridgehead atoms. The molecule has 1 aromatic carbocycles. The first-order valence-electron chi connectivity index (χ1n) is 11.3. The number of nitrogens with one attached hydrogen (secondary N) is 1. The highest BCUT2D eigenvalue weighted by Gasteiger charge is 2.21. The van der Waals surface area contributed by atoms with Crippen molar-refractivity contribution in [1.82, 2.24) is 15.3 Å². The number of pyridine rings is 2. The minimum atomic E-state index is 0.171. The van der Waals surface area contributed by atoms with E-state index >= 15 is 0 Å². The first kappa shape index (κ1) is 22.0. The van der Waals surface area contributed by atoms with Crippen molar-refractivity contribution in [2.24, 2.45) is 0 Å². The van der Waals surface area contributed by atoms with Crippen molar-refractivity contribution in [3.8, 4) is 5.75 Å². The van der Waals surface area contributed by atoms with E-state index in [1.54, 1.807) is 4.90 Å². The zero-order valence-electron chi connectivity index (χ0n) is 18.5. The van der Waals surface area contributed by atoms with Gasteiger partial charge in [0.15, 0.2) is 0 Å². The maximum Gasteiger partial charge on any atom is 0.227 e. The molecule has 3 aromatic rings. The summed E-state index contributed by atoms with van der Waals surface area (Å²) in [5.74, 6) is 1.04. The summed E-state index contributed by atoms with van der Waals surface area (Å²) in [5.41, 5.74) is 4.66. The van der Waals surface area contributed by atoms with Crippen LogP contribution in [0.1, 0.15) is 42.0 Å². The van der Waals surface area contributed by atoms with Gasteiger partial charge in [0, 0.05) is 50.0 Å². The van der Waals surface area contributed by atoms with Crippen molar-refractivity contribution in [2.75, 3.05) is 25.1 Å². The van der Waals surface area contributed by atoms with Gasteiger partial charge < -0.3 is 15.0 Å². The fraction of sp³-hybridized carbons (Fsp3) is 0.346. The molecule has 0 saturated heterocycles. The molecular weight excluding hydrogens is 400 g/mol. The van der Waals surface area contributed by atoms with Gasteiger partial charge in [0.2, 0.25) is 5.91 Å². The van der Waals surface area contributed by atoms with E-state index in [9.17, 15) is 4.79 Å². The van der Waals surface area contributed by atoms with Gasteiger partial charge in [-0.25, -0.2) is 0 Å². The molecule has 0 aliphatic carbocycles. The number of nitrogens with zero attached hydrogens (tertiary/aromatic N) is 3. The average Bonchev–Trinajstić information content (AvgIpc) is 2.84. The largest absolute Gasteiger partial charge is 0.494 e. The number of amides is 1. The fourth-order valence-electron chi connectivity index (χ4n) is 4.10. The summed E-state index contributed by atoms with van der Waals surface area (Å²) in [6.45, 7) is 1.51. The molecular formula is C26H30N4O2. The number of fused-ring (bicyclic) bond motifs is 1.